The minimum absolute atomic E-state index is 0. The molecule has 1 atom stereocenters. The van der Waals surface area contributed by atoms with Crippen molar-refractivity contribution in [3.8, 4) is 0 Å². The summed E-state index contributed by atoms with van der Waals surface area (Å²) in [7, 11) is 0. The lowest BCUT2D eigenvalue weighted by molar-refractivity contribution is -0.150. The molecule has 1 aromatic carbocycles. The fraction of sp³-hybridized carbons (Fsp3) is 0.533. The Balaban J connectivity index is 0.00000132. The summed E-state index contributed by atoms with van der Waals surface area (Å²) in [6.07, 6.45) is 3.38. The maximum Gasteiger partial charge on any atom is 0.129 e. The van der Waals surface area contributed by atoms with Crippen LogP contribution in [0.1, 0.15) is 19.3 Å². The zero-order valence-electron chi connectivity index (χ0n) is 11.7. The van der Waals surface area contributed by atoms with E-state index >= 15 is 0 Å². The largest absolute Gasteiger partial charge is 0.300 e. The molecule has 0 aromatic heterocycles. The second kappa shape index (κ2) is 5.76. The number of nitrogens with zero attached hydrogens (tertiary/aromatic N) is 2. The van der Waals surface area contributed by atoms with Crippen LogP contribution < -0.4 is 5.48 Å². The van der Waals surface area contributed by atoms with Gasteiger partial charge in [0.15, 0.2) is 0 Å². The van der Waals surface area contributed by atoms with Crippen LogP contribution in [-0.4, -0.2) is 36.0 Å². The molecule has 0 saturated carbocycles. The van der Waals surface area contributed by atoms with Gasteiger partial charge in [-0.3, -0.25) is 10.3 Å². The molecule has 1 spiro atoms. The molecule has 1 N–H and O–H groups in total. The summed E-state index contributed by atoms with van der Waals surface area (Å²) >= 11 is 5.89. The number of amidine groups is 1. The van der Waals surface area contributed by atoms with Gasteiger partial charge in [0.1, 0.15) is 11.4 Å². The highest BCUT2D eigenvalue weighted by atomic mass is 35.5. The molecule has 4 fully saturated rings. The van der Waals surface area contributed by atoms with Gasteiger partial charge in [-0.1, -0.05) is 11.6 Å². The van der Waals surface area contributed by atoms with Crippen molar-refractivity contribution in [2.75, 3.05) is 19.6 Å². The lowest BCUT2D eigenvalue weighted by Crippen LogP contribution is -2.59. The molecule has 6 heteroatoms. The Morgan fingerprint density at radius 3 is 2.57 bits per heavy atom. The summed E-state index contributed by atoms with van der Waals surface area (Å²) in [5, 5.41) is 0.735. The minimum Gasteiger partial charge on any atom is -0.300 e. The van der Waals surface area contributed by atoms with E-state index in [9.17, 15) is 0 Å². The number of fused-ring (bicyclic) bond motifs is 2. The van der Waals surface area contributed by atoms with Crippen LogP contribution in [0.15, 0.2) is 29.3 Å². The number of hydrogen-bond donors (Lipinski definition) is 1. The molecular formula is C15H19Cl2N3O. The average molecular weight is 328 g/mol. The zero-order chi connectivity index (χ0) is 13.6. The van der Waals surface area contributed by atoms with Crippen LogP contribution in [0.3, 0.4) is 0 Å². The highest BCUT2D eigenvalue weighted by Gasteiger charge is 2.52. The first-order valence-corrected chi connectivity index (χ1v) is 7.61. The molecular weight excluding hydrogens is 309 g/mol. The first-order valence-electron chi connectivity index (χ1n) is 7.23. The predicted octanol–water partition coefficient (Wildman–Crippen LogP) is 3.18. The molecule has 0 unspecified atom stereocenters. The molecule has 0 radical (unpaired) electrons. The lowest BCUT2D eigenvalue weighted by Gasteiger charge is -2.49. The number of hydroxylamine groups is 1. The summed E-state index contributed by atoms with van der Waals surface area (Å²) in [4.78, 5) is 13.1. The molecule has 5 rings (SSSR count). The highest BCUT2D eigenvalue weighted by molar-refractivity contribution is 6.30. The van der Waals surface area contributed by atoms with Gasteiger partial charge < -0.3 is 4.90 Å². The van der Waals surface area contributed by atoms with E-state index in [-0.39, 0.29) is 18.0 Å². The summed E-state index contributed by atoms with van der Waals surface area (Å²) < 4.78 is 0. The van der Waals surface area contributed by atoms with Gasteiger partial charge in [-0.15, -0.1) is 12.4 Å². The van der Waals surface area contributed by atoms with Crippen molar-refractivity contribution in [3.05, 3.63) is 29.3 Å². The van der Waals surface area contributed by atoms with Crippen LogP contribution in [0.5, 0.6) is 0 Å². The molecule has 114 valence electrons. The van der Waals surface area contributed by atoms with E-state index in [1.807, 2.05) is 24.3 Å². The van der Waals surface area contributed by atoms with Crippen molar-refractivity contribution < 1.29 is 4.84 Å². The number of aliphatic imine (C=N–C) groups is 1. The van der Waals surface area contributed by atoms with Gasteiger partial charge in [0, 0.05) is 18.0 Å². The molecule has 2 bridgehead atoms. The Bertz CT molecular complexity index is 540. The molecule has 4 nitrogen and oxygen atoms in total. The number of hydrogen-bond acceptors (Lipinski definition) is 3. The van der Waals surface area contributed by atoms with Gasteiger partial charge in [-0.05, 0) is 56.1 Å². The third kappa shape index (κ3) is 2.78. The SMILES string of the molecule is Cl.Clc1ccc(N=C2C[C@@]3(CN4CCC3CC4)ON2)cc1. The van der Waals surface area contributed by atoms with E-state index in [1.54, 1.807) is 0 Å². The molecule has 4 heterocycles. The fourth-order valence-electron chi connectivity index (χ4n) is 3.69. The predicted molar refractivity (Wildman–Crippen MR) is 86.5 cm³/mol. The number of halogens is 2. The normalized spacial score (nSPS) is 35.8. The molecule has 4 aliphatic rings. The van der Waals surface area contributed by atoms with Gasteiger partial charge in [0.2, 0.25) is 0 Å². The lowest BCUT2D eigenvalue weighted by atomic mass is 9.74. The van der Waals surface area contributed by atoms with Gasteiger partial charge in [0.05, 0.1) is 5.69 Å². The molecule has 21 heavy (non-hydrogen) atoms. The minimum atomic E-state index is -0.0538. The Morgan fingerprint density at radius 2 is 1.95 bits per heavy atom. The maximum atomic E-state index is 5.98. The zero-order valence-corrected chi connectivity index (χ0v) is 13.3. The highest BCUT2D eigenvalue weighted by Crippen LogP contribution is 2.42. The molecule has 1 aromatic rings. The summed E-state index contributed by atoms with van der Waals surface area (Å²) in [6, 6.07) is 7.58. The van der Waals surface area contributed by atoms with Crippen molar-refractivity contribution in [1.82, 2.24) is 10.4 Å². The van der Waals surface area contributed by atoms with Crippen LogP contribution >= 0.6 is 24.0 Å². The fourth-order valence-corrected chi connectivity index (χ4v) is 3.82. The summed E-state index contributed by atoms with van der Waals surface area (Å²) in [5.41, 5.74) is 3.92. The summed E-state index contributed by atoms with van der Waals surface area (Å²) in [6.45, 7) is 3.48. The standard InChI is InChI=1S/C15H18ClN3O.ClH/c16-12-1-3-13(4-2-12)17-14-9-15(20-18-14)10-19-7-5-11(15)6-8-19;/h1-4,11H,5-10H2,(H,17,18);1H/t15-;/m0./s1. The van der Waals surface area contributed by atoms with E-state index in [0.717, 1.165) is 29.5 Å². The van der Waals surface area contributed by atoms with Crippen LogP contribution in [0.4, 0.5) is 5.69 Å². The van der Waals surface area contributed by atoms with Crippen LogP contribution in [-0.2, 0) is 4.84 Å². The maximum absolute atomic E-state index is 5.98. The van der Waals surface area contributed by atoms with E-state index in [1.165, 1.54) is 25.9 Å². The Morgan fingerprint density at radius 1 is 1.24 bits per heavy atom. The first-order chi connectivity index (χ1) is 9.73. The van der Waals surface area contributed by atoms with Gasteiger partial charge in [0.25, 0.3) is 0 Å². The molecule has 0 aliphatic carbocycles. The number of rotatable bonds is 1. The van der Waals surface area contributed by atoms with E-state index in [2.05, 4.69) is 15.4 Å². The van der Waals surface area contributed by atoms with Gasteiger partial charge >= 0.3 is 0 Å². The monoisotopic (exact) mass is 327 g/mol. The number of benzene rings is 1. The Labute approximate surface area is 135 Å². The first kappa shape index (κ1) is 15.1. The third-order valence-corrected chi connectivity index (χ3v) is 5.00. The summed E-state index contributed by atoms with van der Waals surface area (Å²) in [5.74, 6) is 1.60. The Kier molecular flexibility index (Phi) is 4.14. The van der Waals surface area contributed by atoms with Crippen molar-refractivity contribution in [3.63, 3.8) is 0 Å². The van der Waals surface area contributed by atoms with E-state index in [4.69, 9.17) is 16.4 Å². The molecule has 0 amide bonds. The van der Waals surface area contributed by atoms with Gasteiger partial charge in [-0.25, -0.2) is 4.99 Å². The van der Waals surface area contributed by atoms with Crippen LogP contribution in [0.2, 0.25) is 5.02 Å². The van der Waals surface area contributed by atoms with Crippen LogP contribution in [0, 0.1) is 5.92 Å². The van der Waals surface area contributed by atoms with Gasteiger partial charge in [-0.2, -0.15) is 0 Å². The van der Waals surface area contributed by atoms with Crippen molar-refractivity contribution in [2.24, 2.45) is 10.9 Å². The molecule has 4 aliphatic heterocycles. The van der Waals surface area contributed by atoms with E-state index in [0.29, 0.717) is 5.92 Å². The second-order valence-electron chi connectivity index (χ2n) is 6.03. The Hall–Kier alpha value is -0.810. The van der Waals surface area contributed by atoms with E-state index < -0.39 is 0 Å². The average Bonchev–Trinajstić information content (AvgIpc) is 2.85. The number of nitrogens with one attached hydrogen (secondary N) is 1. The van der Waals surface area contributed by atoms with Crippen molar-refractivity contribution in [1.29, 1.82) is 0 Å². The topological polar surface area (TPSA) is 36.9 Å². The smallest absolute Gasteiger partial charge is 0.129 e. The van der Waals surface area contributed by atoms with Crippen molar-refractivity contribution in [2.45, 2.75) is 24.9 Å². The van der Waals surface area contributed by atoms with Crippen LogP contribution in [0.25, 0.3) is 0 Å². The number of piperidine rings is 3. The second-order valence-corrected chi connectivity index (χ2v) is 6.47. The molecule has 4 saturated heterocycles. The quantitative estimate of drug-likeness (QED) is 0.860. The third-order valence-electron chi connectivity index (χ3n) is 4.75. The van der Waals surface area contributed by atoms with Crippen molar-refractivity contribution >= 4 is 35.5 Å².